The third-order valence-electron chi connectivity index (χ3n) is 0.974. The molecule has 0 aliphatic carbocycles. The van der Waals surface area contributed by atoms with Crippen LogP contribution < -0.4 is 5.48 Å². The average molecular weight is 229 g/mol. The van der Waals surface area contributed by atoms with E-state index < -0.39 is 30.9 Å². The average Bonchev–Trinajstić information content (AvgIpc) is 1.92. The fourth-order valence-corrected chi connectivity index (χ4v) is 0.620. The Morgan fingerprint density at radius 3 is 2.20 bits per heavy atom. The molecule has 1 N–H and O–H groups in total. The van der Waals surface area contributed by atoms with E-state index in [9.17, 15) is 18.0 Å². The molecular weight excluding hydrogens is 215 g/mol. The van der Waals surface area contributed by atoms with Crippen molar-refractivity contribution in [1.82, 2.24) is 5.48 Å². The number of rotatable bonds is 4. The fraction of sp³-hybridized carbons (Fsp3) is 0.875. The lowest BCUT2D eigenvalue weighted by atomic mass is 10.2. The number of carbonyl (C=O) groups excluding carboxylic acids is 1. The van der Waals surface area contributed by atoms with Crippen molar-refractivity contribution >= 4 is 5.97 Å². The van der Waals surface area contributed by atoms with E-state index in [2.05, 4.69) is 4.84 Å². The molecule has 90 valence electrons. The van der Waals surface area contributed by atoms with Crippen molar-refractivity contribution in [3.63, 3.8) is 0 Å². The van der Waals surface area contributed by atoms with Crippen LogP contribution in [0.4, 0.5) is 13.2 Å². The van der Waals surface area contributed by atoms with E-state index in [0.29, 0.717) is 0 Å². The van der Waals surface area contributed by atoms with Gasteiger partial charge in [0.1, 0.15) is 12.1 Å². The highest BCUT2D eigenvalue weighted by molar-refractivity contribution is 5.71. The van der Waals surface area contributed by atoms with E-state index in [1.807, 2.05) is 5.48 Å². The van der Waals surface area contributed by atoms with Crippen molar-refractivity contribution in [3.05, 3.63) is 0 Å². The minimum Gasteiger partial charge on any atom is -0.459 e. The molecule has 4 nitrogen and oxygen atoms in total. The SMILES string of the molecule is CC(C)(C)OC(=O)CNOCC(F)(F)F. The number of hydrogen-bond donors (Lipinski definition) is 1. The quantitative estimate of drug-likeness (QED) is 0.450. The summed E-state index contributed by atoms with van der Waals surface area (Å²) < 4.78 is 39.5. The summed E-state index contributed by atoms with van der Waals surface area (Å²) in [5.74, 6) is -0.676. The molecule has 0 spiro atoms. The molecule has 0 saturated carbocycles. The van der Waals surface area contributed by atoms with Gasteiger partial charge in [0.25, 0.3) is 0 Å². The minimum atomic E-state index is -4.42. The standard InChI is InChI=1S/C8H14F3NO3/c1-7(2,3)15-6(13)4-12-14-5-8(9,10)11/h12H,4-5H2,1-3H3. The number of alkyl halides is 3. The zero-order valence-corrected chi connectivity index (χ0v) is 8.77. The molecule has 0 saturated heterocycles. The van der Waals surface area contributed by atoms with Crippen molar-refractivity contribution < 1.29 is 27.5 Å². The monoisotopic (exact) mass is 229 g/mol. The Morgan fingerprint density at radius 2 is 1.80 bits per heavy atom. The van der Waals surface area contributed by atoms with E-state index in [0.717, 1.165) is 0 Å². The molecular formula is C8H14F3NO3. The number of halogens is 3. The van der Waals surface area contributed by atoms with Crippen LogP contribution in [0.15, 0.2) is 0 Å². The molecule has 0 fully saturated rings. The molecule has 0 aliphatic rings. The van der Waals surface area contributed by atoms with Crippen molar-refractivity contribution in [1.29, 1.82) is 0 Å². The van der Waals surface area contributed by atoms with Crippen LogP contribution >= 0.6 is 0 Å². The van der Waals surface area contributed by atoms with E-state index in [4.69, 9.17) is 4.74 Å². The molecule has 0 radical (unpaired) electrons. The van der Waals surface area contributed by atoms with Gasteiger partial charge in [-0.05, 0) is 20.8 Å². The van der Waals surface area contributed by atoms with Crippen LogP contribution in [0.2, 0.25) is 0 Å². The number of esters is 1. The van der Waals surface area contributed by atoms with Crippen molar-refractivity contribution in [2.75, 3.05) is 13.2 Å². The van der Waals surface area contributed by atoms with Crippen LogP contribution in [0.25, 0.3) is 0 Å². The molecule has 0 bridgehead atoms. The molecule has 0 heterocycles. The zero-order valence-electron chi connectivity index (χ0n) is 8.77. The highest BCUT2D eigenvalue weighted by Crippen LogP contribution is 2.13. The molecule has 0 aromatic rings. The summed E-state index contributed by atoms with van der Waals surface area (Å²) in [4.78, 5) is 14.9. The summed E-state index contributed by atoms with van der Waals surface area (Å²) in [6.45, 7) is 3.09. The van der Waals surface area contributed by atoms with Gasteiger partial charge in [0, 0.05) is 0 Å². The van der Waals surface area contributed by atoms with E-state index >= 15 is 0 Å². The zero-order chi connectivity index (χ0) is 12.1. The lowest BCUT2D eigenvalue weighted by Gasteiger charge is -2.19. The summed E-state index contributed by atoms with van der Waals surface area (Å²) in [5.41, 5.74) is 1.21. The molecule has 0 aliphatic heterocycles. The lowest BCUT2D eigenvalue weighted by molar-refractivity contribution is -0.192. The van der Waals surface area contributed by atoms with E-state index in [1.54, 1.807) is 20.8 Å². The second-order valence-electron chi connectivity index (χ2n) is 3.81. The lowest BCUT2D eigenvalue weighted by Crippen LogP contribution is -2.33. The van der Waals surface area contributed by atoms with Crippen molar-refractivity contribution in [2.45, 2.75) is 32.5 Å². The van der Waals surface area contributed by atoms with Gasteiger partial charge >= 0.3 is 12.1 Å². The second-order valence-corrected chi connectivity index (χ2v) is 3.81. The van der Waals surface area contributed by atoms with E-state index in [1.165, 1.54) is 0 Å². The smallest absolute Gasteiger partial charge is 0.413 e. The summed E-state index contributed by atoms with van der Waals surface area (Å²) >= 11 is 0. The third-order valence-corrected chi connectivity index (χ3v) is 0.974. The molecule has 0 aromatic heterocycles. The summed E-state index contributed by atoms with van der Waals surface area (Å²) in [6, 6.07) is 0. The first kappa shape index (κ1) is 14.2. The van der Waals surface area contributed by atoms with Crippen LogP contribution in [-0.4, -0.2) is 30.9 Å². The van der Waals surface area contributed by atoms with Gasteiger partial charge in [0.15, 0.2) is 6.61 Å². The van der Waals surface area contributed by atoms with Crippen LogP contribution in [-0.2, 0) is 14.4 Å². The van der Waals surface area contributed by atoms with Gasteiger partial charge in [0.2, 0.25) is 0 Å². The first-order chi connectivity index (χ1) is 6.60. The molecule has 15 heavy (non-hydrogen) atoms. The maximum Gasteiger partial charge on any atom is 0.413 e. The predicted octanol–water partition coefficient (Wildman–Crippen LogP) is 1.41. The molecule has 7 heteroatoms. The fourth-order valence-electron chi connectivity index (χ4n) is 0.620. The molecule has 0 atom stereocenters. The van der Waals surface area contributed by atoms with Gasteiger partial charge < -0.3 is 4.74 Å². The molecule has 0 aromatic carbocycles. The Kier molecular flexibility index (Phi) is 5.02. The minimum absolute atomic E-state index is 0.423. The summed E-state index contributed by atoms with van der Waals surface area (Å²) in [7, 11) is 0. The normalized spacial score (nSPS) is 12.7. The van der Waals surface area contributed by atoms with Crippen molar-refractivity contribution in [3.8, 4) is 0 Å². The maximum absolute atomic E-state index is 11.6. The number of ether oxygens (including phenoxy) is 1. The van der Waals surface area contributed by atoms with Gasteiger partial charge in [0.05, 0.1) is 0 Å². The highest BCUT2D eigenvalue weighted by Gasteiger charge is 2.27. The largest absolute Gasteiger partial charge is 0.459 e. The number of carbonyl (C=O) groups is 1. The molecule has 0 unspecified atom stereocenters. The van der Waals surface area contributed by atoms with Crippen LogP contribution in [0.3, 0.4) is 0 Å². The topological polar surface area (TPSA) is 47.6 Å². The second kappa shape index (κ2) is 5.32. The van der Waals surface area contributed by atoms with E-state index in [-0.39, 0.29) is 0 Å². The van der Waals surface area contributed by atoms with Gasteiger partial charge in [-0.3, -0.25) is 9.63 Å². The number of hydrogen-bond acceptors (Lipinski definition) is 4. The Labute approximate surface area is 85.7 Å². The van der Waals surface area contributed by atoms with Crippen LogP contribution in [0, 0.1) is 0 Å². The first-order valence-electron chi connectivity index (χ1n) is 4.23. The third kappa shape index (κ3) is 11.1. The highest BCUT2D eigenvalue weighted by atomic mass is 19.4. The number of hydroxylamine groups is 1. The van der Waals surface area contributed by atoms with Crippen LogP contribution in [0.5, 0.6) is 0 Å². The Balaban J connectivity index is 3.57. The Hall–Kier alpha value is -0.820. The van der Waals surface area contributed by atoms with Gasteiger partial charge in [-0.15, -0.1) is 0 Å². The Morgan fingerprint density at radius 1 is 1.27 bits per heavy atom. The van der Waals surface area contributed by atoms with Gasteiger partial charge in [-0.1, -0.05) is 0 Å². The maximum atomic E-state index is 11.6. The van der Waals surface area contributed by atoms with Crippen molar-refractivity contribution in [2.24, 2.45) is 0 Å². The first-order valence-corrected chi connectivity index (χ1v) is 4.23. The van der Waals surface area contributed by atoms with Crippen LogP contribution in [0.1, 0.15) is 20.8 Å². The molecule has 0 amide bonds. The van der Waals surface area contributed by atoms with Gasteiger partial charge in [-0.2, -0.15) is 18.7 Å². The summed E-state index contributed by atoms with van der Waals surface area (Å²) in [6.07, 6.45) is -4.42. The molecule has 0 rings (SSSR count). The Bertz CT molecular complexity index is 210. The predicted molar refractivity (Wildman–Crippen MR) is 45.9 cm³/mol. The van der Waals surface area contributed by atoms with Gasteiger partial charge in [-0.25, -0.2) is 0 Å². The summed E-state index contributed by atoms with van der Waals surface area (Å²) in [5, 5.41) is 0. The number of nitrogens with one attached hydrogen (secondary N) is 1.